The first-order valence-corrected chi connectivity index (χ1v) is 6.40. The molecular formula is C14H19NO3. The maximum Gasteiger partial charge on any atom is 0.253 e. The van der Waals surface area contributed by atoms with Gasteiger partial charge in [0.1, 0.15) is 5.75 Å². The molecule has 1 aliphatic rings. The second kappa shape index (κ2) is 5.87. The highest BCUT2D eigenvalue weighted by Crippen LogP contribution is 2.16. The van der Waals surface area contributed by atoms with Gasteiger partial charge in [-0.25, -0.2) is 0 Å². The van der Waals surface area contributed by atoms with Crippen molar-refractivity contribution < 1.29 is 14.6 Å². The molecule has 1 heterocycles. The van der Waals surface area contributed by atoms with Crippen LogP contribution in [0.5, 0.6) is 5.75 Å². The fourth-order valence-corrected chi connectivity index (χ4v) is 2.18. The number of likely N-dealkylation sites (N-methyl/N-ethyl adjacent to an activating group) is 1. The molecule has 1 aliphatic heterocycles. The summed E-state index contributed by atoms with van der Waals surface area (Å²) in [6, 6.07) is 6.37. The van der Waals surface area contributed by atoms with Crippen LogP contribution in [0.2, 0.25) is 0 Å². The normalized spacial score (nSPS) is 18.8. The van der Waals surface area contributed by atoms with E-state index in [0.717, 1.165) is 19.4 Å². The van der Waals surface area contributed by atoms with Crippen LogP contribution in [0.25, 0.3) is 0 Å². The molecule has 18 heavy (non-hydrogen) atoms. The topological polar surface area (TPSA) is 49.8 Å². The van der Waals surface area contributed by atoms with Crippen LogP contribution in [-0.2, 0) is 4.74 Å². The van der Waals surface area contributed by atoms with E-state index in [2.05, 4.69) is 0 Å². The summed E-state index contributed by atoms with van der Waals surface area (Å²) >= 11 is 0. The second-order valence-electron chi connectivity index (χ2n) is 4.53. The summed E-state index contributed by atoms with van der Waals surface area (Å²) in [5.74, 6) is 0.168. The third kappa shape index (κ3) is 3.01. The number of carbonyl (C=O) groups is 1. The molecule has 1 atom stereocenters. The molecular weight excluding hydrogens is 230 g/mol. The molecule has 1 amide bonds. The zero-order valence-electron chi connectivity index (χ0n) is 10.6. The molecule has 2 rings (SSSR count). The molecule has 4 heteroatoms. The molecule has 1 aromatic rings. The number of ether oxygens (including phenoxy) is 1. The van der Waals surface area contributed by atoms with Gasteiger partial charge in [-0.05, 0) is 44.0 Å². The molecule has 4 nitrogen and oxygen atoms in total. The minimum atomic E-state index is -0.00648. The second-order valence-corrected chi connectivity index (χ2v) is 4.53. The van der Waals surface area contributed by atoms with Crippen LogP contribution < -0.4 is 0 Å². The van der Waals surface area contributed by atoms with E-state index in [1.54, 1.807) is 17.0 Å². The average molecular weight is 249 g/mol. The van der Waals surface area contributed by atoms with E-state index in [0.29, 0.717) is 18.7 Å². The van der Waals surface area contributed by atoms with Crippen molar-refractivity contribution in [2.75, 3.05) is 19.7 Å². The predicted molar refractivity (Wildman–Crippen MR) is 68.7 cm³/mol. The highest BCUT2D eigenvalue weighted by molar-refractivity contribution is 5.94. The molecule has 0 aliphatic carbocycles. The van der Waals surface area contributed by atoms with Gasteiger partial charge in [-0.15, -0.1) is 0 Å². The fourth-order valence-electron chi connectivity index (χ4n) is 2.18. The molecule has 1 N–H and O–H groups in total. The van der Waals surface area contributed by atoms with Crippen LogP contribution in [0, 0.1) is 0 Å². The van der Waals surface area contributed by atoms with Gasteiger partial charge in [-0.2, -0.15) is 0 Å². The van der Waals surface area contributed by atoms with Crippen molar-refractivity contribution in [1.82, 2.24) is 4.90 Å². The number of benzene rings is 1. The van der Waals surface area contributed by atoms with Crippen molar-refractivity contribution in [3.8, 4) is 5.75 Å². The molecule has 0 spiro atoms. The number of phenolic OH excluding ortho intramolecular Hbond substituents is 1. The van der Waals surface area contributed by atoms with Crippen molar-refractivity contribution in [1.29, 1.82) is 0 Å². The number of aromatic hydroxyl groups is 1. The summed E-state index contributed by atoms with van der Waals surface area (Å²) < 4.78 is 5.56. The monoisotopic (exact) mass is 249 g/mol. The van der Waals surface area contributed by atoms with Gasteiger partial charge in [-0.3, -0.25) is 4.79 Å². The number of rotatable bonds is 4. The van der Waals surface area contributed by atoms with E-state index < -0.39 is 0 Å². The lowest BCUT2D eigenvalue weighted by molar-refractivity contribution is 0.0539. The Bertz CT molecular complexity index is 396. The first kappa shape index (κ1) is 12.9. The Kier molecular flexibility index (Phi) is 4.20. The molecule has 0 bridgehead atoms. The van der Waals surface area contributed by atoms with Crippen LogP contribution in [0.3, 0.4) is 0 Å². The zero-order chi connectivity index (χ0) is 13.0. The Balaban J connectivity index is 2.02. The largest absolute Gasteiger partial charge is 0.508 e. The third-order valence-corrected chi connectivity index (χ3v) is 3.23. The third-order valence-electron chi connectivity index (χ3n) is 3.23. The maximum atomic E-state index is 12.3. The van der Waals surface area contributed by atoms with Crippen LogP contribution in [-0.4, -0.2) is 41.7 Å². The Labute approximate surface area is 107 Å². The van der Waals surface area contributed by atoms with E-state index in [4.69, 9.17) is 4.74 Å². The summed E-state index contributed by atoms with van der Waals surface area (Å²) in [7, 11) is 0. The van der Waals surface area contributed by atoms with Crippen LogP contribution >= 0.6 is 0 Å². The minimum absolute atomic E-state index is 0.00648. The summed E-state index contributed by atoms with van der Waals surface area (Å²) in [5.41, 5.74) is 0.604. The van der Waals surface area contributed by atoms with Gasteiger partial charge >= 0.3 is 0 Å². The first-order chi connectivity index (χ1) is 8.70. The van der Waals surface area contributed by atoms with Crippen molar-refractivity contribution in [2.45, 2.75) is 25.9 Å². The molecule has 1 unspecified atom stereocenters. The van der Waals surface area contributed by atoms with Crippen molar-refractivity contribution in [3.05, 3.63) is 29.8 Å². The van der Waals surface area contributed by atoms with Crippen LogP contribution in [0.4, 0.5) is 0 Å². The van der Waals surface area contributed by atoms with E-state index >= 15 is 0 Å². The molecule has 98 valence electrons. The van der Waals surface area contributed by atoms with Crippen LogP contribution in [0.1, 0.15) is 30.1 Å². The van der Waals surface area contributed by atoms with Gasteiger partial charge in [0.25, 0.3) is 5.91 Å². The zero-order valence-corrected chi connectivity index (χ0v) is 10.6. The quantitative estimate of drug-likeness (QED) is 0.888. The van der Waals surface area contributed by atoms with E-state index in [9.17, 15) is 9.90 Å². The van der Waals surface area contributed by atoms with Gasteiger partial charge in [-0.1, -0.05) is 0 Å². The Morgan fingerprint density at radius 1 is 1.44 bits per heavy atom. The number of nitrogens with zero attached hydrogens (tertiary/aromatic N) is 1. The smallest absolute Gasteiger partial charge is 0.253 e. The van der Waals surface area contributed by atoms with Gasteiger partial charge in [0.2, 0.25) is 0 Å². The number of hydrogen-bond acceptors (Lipinski definition) is 3. The first-order valence-electron chi connectivity index (χ1n) is 6.40. The standard InChI is InChI=1S/C14H19NO3/c1-2-15(10-13-4-3-9-18-13)14(17)11-5-7-12(16)8-6-11/h5-8,13,16H,2-4,9-10H2,1H3. The lowest BCUT2D eigenvalue weighted by Gasteiger charge is -2.24. The van der Waals surface area contributed by atoms with Crippen LogP contribution in [0.15, 0.2) is 24.3 Å². The predicted octanol–water partition coefficient (Wildman–Crippen LogP) is 2.03. The highest BCUT2D eigenvalue weighted by Gasteiger charge is 2.22. The van der Waals surface area contributed by atoms with Crippen molar-refractivity contribution in [2.24, 2.45) is 0 Å². The molecule has 1 aromatic carbocycles. The summed E-state index contributed by atoms with van der Waals surface area (Å²) in [5, 5.41) is 9.22. The number of carbonyl (C=O) groups excluding carboxylic acids is 1. The summed E-state index contributed by atoms with van der Waals surface area (Å²) in [6.07, 6.45) is 2.28. The Morgan fingerprint density at radius 3 is 2.72 bits per heavy atom. The van der Waals surface area contributed by atoms with Crippen molar-refractivity contribution >= 4 is 5.91 Å². The van der Waals surface area contributed by atoms with Crippen molar-refractivity contribution in [3.63, 3.8) is 0 Å². The van der Waals surface area contributed by atoms with Gasteiger partial charge in [0, 0.05) is 25.3 Å². The lowest BCUT2D eigenvalue weighted by atomic mass is 10.1. The number of phenols is 1. The molecule has 0 radical (unpaired) electrons. The fraction of sp³-hybridized carbons (Fsp3) is 0.500. The molecule has 1 saturated heterocycles. The Morgan fingerprint density at radius 2 is 2.17 bits per heavy atom. The van der Waals surface area contributed by atoms with E-state index in [1.807, 2.05) is 6.92 Å². The molecule has 1 fully saturated rings. The van der Waals surface area contributed by atoms with E-state index in [1.165, 1.54) is 12.1 Å². The highest BCUT2D eigenvalue weighted by atomic mass is 16.5. The van der Waals surface area contributed by atoms with Gasteiger partial charge in [0.05, 0.1) is 6.10 Å². The molecule has 0 saturated carbocycles. The lowest BCUT2D eigenvalue weighted by Crippen LogP contribution is -2.37. The Hall–Kier alpha value is -1.55. The minimum Gasteiger partial charge on any atom is -0.508 e. The summed E-state index contributed by atoms with van der Waals surface area (Å²) in [4.78, 5) is 14.1. The van der Waals surface area contributed by atoms with E-state index in [-0.39, 0.29) is 17.8 Å². The average Bonchev–Trinajstić information content (AvgIpc) is 2.89. The SMILES string of the molecule is CCN(CC1CCCO1)C(=O)c1ccc(O)cc1. The maximum absolute atomic E-state index is 12.3. The van der Waals surface area contributed by atoms with Gasteiger partial charge < -0.3 is 14.7 Å². The number of hydrogen-bond donors (Lipinski definition) is 1. The number of amides is 1. The summed E-state index contributed by atoms with van der Waals surface area (Å²) in [6.45, 7) is 4.08. The molecule has 0 aromatic heterocycles. The van der Waals surface area contributed by atoms with Gasteiger partial charge in [0.15, 0.2) is 0 Å².